The van der Waals surface area contributed by atoms with Crippen molar-refractivity contribution in [2.45, 2.75) is 20.0 Å². The van der Waals surface area contributed by atoms with Crippen molar-refractivity contribution < 1.29 is 23.8 Å². The Balaban J connectivity index is 2.14. The van der Waals surface area contributed by atoms with E-state index in [1.807, 2.05) is 12.1 Å². The van der Waals surface area contributed by atoms with Gasteiger partial charge in [-0.25, -0.2) is 4.79 Å². The van der Waals surface area contributed by atoms with Crippen molar-refractivity contribution >= 4 is 5.97 Å². The van der Waals surface area contributed by atoms with E-state index in [1.54, 1.807) is 13.2 Å². The van der Waals surface area contributed by atoms with Gasteiger partial charge in [0.15, 0.2) is 17.3 Å². The van der Waals surface area contributed by atoms with Gasteiger partial charge >= 0.3 is 5.97 Å². The van der Waals surface area contributed by atoms with Gasteiger partial charge in [0.25, 0.3) is 0 Å². The maximum Gasteiger partial charge on any atom is 0.339 e. The SMILES string of the molecule is CCc1ccc(OCc2occc2C(=O)O)c(OC)c1. The summed E-state index contributed by atoms with van der Waals surface area (Å²) in [4.78, 5) is 11.0. The smallest absolute Gasteiger partial charge is 0.339 e. The third-order valence-electron chi connectivity index (χ3n) is 2.97. The second kappa shape index (κ2) is 6.14. The average molecular weight is 276 g/mol. The molecule has 0 saturated heterocycles. The summed E-state index contributed by atoms with van der Waals surface area (Å²) < 4.78 is 16.0. The molecule has 0 atom stereocenters. The predicted molar refractivity (Wildman–Crippen MR) is 72.4 cm³/mol. The van der Waals surface area contributed by atoms with E-state index in [-0.39, 0.29) is 17.9 Å². The average Bonchev–Trinajstić information content (AvgIpc) is 2.93. The Kier molecular flexibility index (Phi) is 4.30. The molecule has 1 N–H and O–H groups in total. The van der Waals surface area contributed by atoms with E-state index in [4.69, 9.17) is 19.0 Å². The summed E-state index contributed by atoms with van der Waals surface area (Å²) in [6.45, 7) is 2.09. The van der Waals surface area contributed by atoms with Crippen LogP contribution in [0.3, 0.4) is 0 Å². The van der Waals surface area contributed by atoms with Crippen LogP contribution in [0.2, 0.25) is 0 Å². The van der Waals surface area contributed by atoms with Gasteiger partial charge in [-0.3, -0.25) is 0 Å². The first-order valence-corrected chi connectivity index (χ1v) is 6.25. The van der Waals surface area contributed by atoms with Gasteiger partial charge in [-0.1, -0.05) is 13.0 Å². The summed E-state index contributed by atoms with van der Waals surface area (Å²) in [5.41, 5.74) is 1.24. The topological polar surface area (TPSA) is 68.9 Å². The fourth-order valence-electron chi connectivity index (χ4n) is 1.84. The molecule has 1 aromatic heterocycles. The van der Waals surface area contributed by atoms with Crippen LogP contribution in [-0.2, 0) is 13.0 Å². The fourth-order valence-corrected chi connectivity index (χ4v) is 1.84. The van der Waals surface area contributed by atoms with Crippen molar-refractivity contribution in [1.82, 2.24) is 0 Å². The molecule has 0 saturated carbocycles. The lowest BCUT2D eigenvalue weighted by atomic mass is 10.1. The van der Waals surface area contributed by atoms with Crippen LogP contribution in [0.15, 0.2) is 34.9 Å². The number of hydrogen-bond donors (Lipinski definition) is 1. The zero-order valence-corrected chi connectivity index (χ0v) is 11.4. The van der Waals surface area contributed by atoms with Crippen molar-refractivity contribution in [3.8, 4) is 11.5 Å². The molecule has 0 fully saturated rings. The summed E-state index contributed by atoms with van der Waals surface area (Å²) in [5, 5.41) is 8.98. The van der Waals surface area contributed by atoms with E-state index in [1.165, 1.54) is 12.3 Å². The minimum Gasteiger partial charge on any atom is -0.493 e. The van der Waals surface area contributed by atoms with Crippen molar-refractivity contribution in [2.75, 3.05) is 7.11 Å². The van der Waals surface area contributed by atoms with Gasteiger partial charge in [0.1, 0.15) is 12.2 Å². The number of carbonyl (C=O) groups is 1. The van der Waals surface area contributed by atoms with Crippen LogP contribution in [0.5, 0.6) is 11.5 Å². The Hall–Kier alpha value is -2.43. The number of carboxylic acids is 1. The molecule has 2 rings (SSSR count). The van der Waals surface area contributed by atoms with Crippen molar-refractivity contribution in [1.29, 1.82) is 0 Å². The number of aryl methyl sites for hydroxylation is 1. The normalized spacial score (nSPS) is 10.3. The lowest BCUT2D eigenvalue weighted by Gasteiger charge is -2.11. The molecule has 0 unspecified atom stereocenters. The van der Waals surface area contributed by atoms with Crippen LogP contribution in [0, 0.1) is 0 Å². The summed E-state index contributed by atoms with van der Waals surface area (Å²) in [5.74, 6) is 0.412. The number of ether oxygens (including phenoxy) is 2. The lowest BCUT2D eigenvalue weighted by molar-refractivity contribution is 0.0692. The molecule has 0 amide bonds. The first-order chi connectivity index (χ1) is 9.65. The maximum absolute atomic E-state index is 11.0. The van der Waals surface area contributed by atoms with Crippen LogP contribution < -0.4 is 9.47 Å². The molecular formula is C15H16O5. The molecule has 5 heteroatoms. The molecule has 0 aliphatic carbocycles. The molecule has 2 aromatic rings. The number of methoxy groups -OCH3 is 1. The number of benzene rings is 1. The second-order valence-electron chi connectivity index (χ2n) is 4.19. The highest BCUT2D eigenvalue weighted by atomic mass is 16.5. The number of hydrogen-bond acceptors (Lipinski definition) is 4. The Morgan fingerprint density at radius 3 is 2.75 bits per heavy atom. The van der Waals surface area contributed by atoms with Crippen LogP contribution >= 0.6 is 0 Å². The Morgan fingerprint density at radius 2 is 2.10 bits per heavy atom. The van der Waals surface area contributed by atoms with Gasteiger partial charge in [0, 0.05) is 0 Å². The molecule has 1 aromatic carbocycles. The number of carboxylic acid groups (broad SMARTS) is 1. The Labute approximate surface area is 116 Å². The molecule has 1 heterocycles. The fraction of sp³-hybridized carbons (Fsp3) is 0.267. The predicted octanol–water partition coefficient (Wildman–Crippen LogP) is 3.13. The van der Waals surface area contributed by atoms with E-state index in [0.29, 0.717) is 11.5 Å². The first kappa shape index (κ1) is 14.0. The first-order valence-electron chi connectivity index (χ1n) is 6.25. The van der Waals surface area contributed by atoms with E-state index in [0.717, 1.165) is 12.0 Å². The summed E-state index contributed by atoms with van der Waals surface area (Å²) in [6.07, 6.45) is 2.23. The van der Waals surface area contributed by atoms with Gasteiger partial charge in [-0.15, -0.1) is 0 Å². The second-order valence-corrected chi connectivity index (χ2v) is 4.19. The van der Waals surface area contributed by atoms with E-state index >= 15 is 0 Å². The third kappa shape index (κ3) is 2.93. The standard InChI is InChI=1S/C15H16O5/c1-3-10-4-5-12(13(8-10)18-2)20-9-14-11(15(16)17)6-7-19-14/h4-8H,3,9H2,1-2H3,(H,16,17). The highest BCUT2D eigenvalue weighted by Crippen LogP contribution is 2.29. The van der Waals surface area contributed by atoms with Crippen LogP contribution in [-0.4, -0.2) is 18.2 Å². The van der Waals surface area contributed by atoms with Gasteiger partial charge in [-0.2, -0.15) is 0 Å². The minimum absolute atomic E-state index is 0.0382. The molecule has 20 heavy (non-hydrogen) atoms. The summed E-state index contributed by atoms with van der Waals surface area (Å²) >= 11 is 0. The molecule has 5 nitrogen and oxygen atoms in total. The number of rotatable bonds is 6. The molecule has 0 aliphatic rings. The zero-order chi connectivity index (χ0) is 14.5. The monoisotopic (exact) mass is 276 g/mol. The van der Waals surface area contributed by atoms with E-state index in [9.17, 15) is 4.79 Å². The molecule has 0 radical (unpaired) electrons. The molecule has 0 spiro atoms. The van der Waals surface area contributed by atoms with Gasteiger partial charge in [-0.05, 0) is 30.2 Å². The summed E-state index contributed by atoms with van der Waals surface area (Å²) in [7, 11) is 1.57. The largest absolute Gasteiger partial charge is 0.493 e. The molecule has 0 bridgehead atoms. The highest BCUT2D eigenvalue weighted by molar-refractivity contribution is 5.88. The molecule has 106 valence electrons. The van der Waals surface area contributed by atoms with Crippen LogP contribution in [0.4, 0.5) is 0 Å². The van der Waals surface area contributed by atoms with Gasteiger partial charge in [0.2, 0.25) is 0 Å². The van der Waals surface area contributed by atoms with Gasteiger partial charge < -0.3 is 19.0 Å². The maximum atomic E-state index is 11.0. The minimum atomic E-state index is -1.04. The summed E-state index contributed by atoms with van der Waals surface area (Å²) in [6, 6.07) is 7.05. The van der Waals surface area contributed by atoms with E-state index < -0.39 is 5.97 Å². The number of furan rings is 1. The number of aromatic carboxylic acids is 1. The van der Waals surface area contributed by atoms with Crippen LogP contribution in [0.25, 0.3) is 0 Å². The van der Waals surface area contributed by atoms with Crippen molar-refractivity contribution in [2.24, 2.45) is 0 Å². The highest BCUT2D eigenvalue weighted by Gasteiger charge is 2.14. The van der Waals surface area contributed by atoms with Crippen molar-refractivity contribution in [3.05, 3.63) is 47.4 Å². The molecular weight excluding hydrogens is 260 g/mol. The lowest BCUT2D eigenvalue weighted by Crippen LogP contribution is -2.03. The quantitative estimate of drug-likeness (QED) is 0.877. The third-order valence-corrected chi connectivity index (χ3v) is 2.97. The Morgan fingerprint density at radius 1 is 1.30 bits per heavy atom. The zero-order valence-electron chi connectivity index (χ0n) is 11.4. The molecule has 0 aliphatic heterocycles. The van der Waals surface area contributed by atoms with Crippen molar-refractivity contribution in [3.63, 3.8) is 0 Å². The Bertz CT molecular complexity index is 600. The van der Waals surface area contributed by atoms with Gasteiger partial charge in [0.05, 0.1) is 13.4 Å². The van der Waals surface area contributed by atoms with Crippen LogP contribution in [0.1, 0.15) is 28.6 Å². The van der Waals surface area contributed by atoms with E-state index in [2.05, 4.69) is 6.92 Å².